The first kappa shape index (κ1) is 13.5. The molecular weight excluding hydrogens is 290 g/mol. The maximum absolute atomic E-state index is 10.6. The van der Waals surface area contributed by atoms with Crippen molar-refractivity contribution in [3.05, 3.63) is 29.9 Å². The Morgan fingerprint density at radius 1 is 1.58 bits per heavy atom. The Morgan fingerprint density at radius 3 is 2.95 bits per heavy atom. The third-order valence-corrected chi connectivity index (χ3v) is 3.05. The highest BCUT2D eigenvalue weighted by atomic mass is 35.5. The Balaban J connectivity index is 2.28. The number of ether oxygens (including phenoxy) is 1. The van der Waals surface area contributed by atoms with Crippen LogP contribution in [0.5, 0.6) is 5.75 Å². The number of nitrogens with zero attached hydrogens (tertiary/aromatic N) is 3. The number of halogens is 1. The highest BCUT2D eigenvalue weighted by molar-refractivity contribution is 7.98. The van der Waals surface area contributed by atoms with Gasteiger partial charge in [0.2, 0.25) is 0 Å². The van der Waals surface area contributed by atoms with E-state index in [-0.39, 0.29) is 0 Å². The number of nitrogens with one attached hydrogen (secondary N) is 1. The third kappa shape index (κ3) is 3.30. The molecule has 0 saturated heterocycles. The topological polar surface area (TPSA) is 95.1 Å². The van der Waals surface area contributed by atoms with E-state index >= 15 is 0 Å². The standard InChI is InChI=1S/C10H10ClN5O2S/c1-18-7-2-6(19-15-10(12)17)3-13-9(7)16-4-8(11)14-5-16/h2-5H,1H3,(H3,12,15,17). The molecule has 0 aromatic carbocycles. The van der Waals surface area contributed by atoms with Crippen LogP contribution in [0.1, 0.15) is 0 Å². The summed E-state index contributed by atoms with van der Waals surface area (Å²) in [6.45, 7) is 0. The molecule has 0 aliphatic carbocycles. The molecule has 9 heteroatoms. The van der Waals surface area contributed by atoms with Crippen LogP contribution in [-0.2, 0) is 0 Å². The number of amides is 2. The quantitative estimate of drug-likeness (QED) is 0.836. The van der Waals surface area contributed by atoms with Crippen molar-refractivity contribution in [3.63, 3.8) is 0 Å². The molecule has 0 aliphatic heterocycles. The number of hydrogen-bond donors (Lipinski definition) is 2. The summed E-state index contributed by atoms with van der Waals surface area (Å²) in [4.78, 5) is 19.5. The molecule has 2 aromatic heterocycles. The highest BCUT2D eigenvalue weighted by Crippen LogP contribution is 2.26. The lowest BCUT2D eigenvalue weighted by Crippen LogP contribution is -2.22. The Morgan fingerprint density at radius 2 is 2.37 bits per heavy atom. The minimum absolute atomic E-state index is 0.359. The third-order valence-electron chi connectivity index (χ3n) is 2.09. The fourth-order valence-corrected chi connectivity index (χ4v) is 1.98. The molecule has 100 valence electrons. The first-order valence-electron chi connectivity index (χ1n) is 5.06. The molecule has 0 radical (unpaired) electrons. The largest absolute Gasteiger partial charge is 0.493 e. The van der Waals surface area contributed by atoms with Gasteiger partial charge in [-0.2, -0.15) is 0 Å². The number of nitrogens with two attached hydrogens (primary N) is 1. The van der Waals surface area contributed by atoms with Gasteiger partial charge in [0.05, 0.1) is 12.0 Å². The second kappa shape index (κ2) is 5.81. The fraction of sp³-hybridized carbons (Fsp3) is 0.100. The molecule has 2 amide bonds. The summed E-state index contributed by atoms with van der Waals surface area (Å²) in [5.41, 5.74) is 4.98. The number of primary amides is 1. The Kier molecular flexibility index (Phi) is 4.13. The molecule has 0 spiro atoms. The predicted molar refractivity (Wildman–Crippen MR) is 71.5 cm³/mol. The van der Waals surface area contributed by atoms with E-state index in [9.17, 15) is 4.79 Å². The van der Waals surface area contributed by atoms with Gasteiger partial charge in [-0.1, -0.05) is 11.6 Å². The van der Waals surface area contributed by atoms with Gasteiger partial charge in [-0.3, -0.25) is 9.29 Å². The van der Waals surface area contributed by atoms with Crippen molar-refractivity contribution in [3.8, 4) is 11.6 Å². The number of imidazole rings is 1. The van der Waals surface area contributed by atoms with E-state index in [4.69, 9.17) is 22.1 Å². The zero-order chi connectivity index (χ0) is 13.8. The second-order valence-corrected chi connectivity index (χ2v) is 4.64. The zero-order valence-electron chi connectivity index (χ0n) is 9.83. The van der Waals surface area contributed by atoms with Crippen molar-refractivity contribution < 1.29 is 9.53 Å². The summed E-state index contributed by atoms with van der Waals surface area (Å²) in [7, 11) is 1.52. The molecule has 0 unspecified atom stereocenters. The van der Waals surface area contributed by atoms with E-state index < -0.39 is 6.03 Å². The lowest BCUT2D eigenvalue weighted by atomic mass is 10.4. The molecule has 0 atom stereocenters. The summed E-state index contributed by atoms with van der Waals surface area (Å²) < 4.78 is 9.28. The summed E-state index contributed by atoms with van der Waals surface area (Å²) in [5, 5.41) is 0.359. The smallest absolute Gasteiger partial charge is 0.322 e. The summed E-state index contributed by atoms with van der Waals surface area (Å²) in [5.74, 6) is 1.07. The Labute approximate surface area is 118 Å². The van der Waals surface area contributed by atoms with Crippen LogP contribution in [0.15, 0.2) is 29.7 Å². The van der Waals surface area contributed by atoms with Crippen LogP contribution in [0.2, 0.25) is 5.15 Å². The predicted octanol–water partition coefficient (Wildman–Crippen LogP) is 1.60. The fourth-order valence-electron chi connectivity index (χ4n) is 1.34. The molecule has 3 N–H and O–H groups in total. The van der Waals surface area contributed by atoms with Gasteiger partial charge in [-0.25, -0.2) is 14.8 Å². The molecular formula is C10H10ClN5O2S. The van der Waals surface area contributed by atoms with Gasteiger partial charge < -0.3 is 10.5 Å². The van der Waals surface area contributed by atoms with E-state index in [1.54, 1.807) is 23.0 Å². The number of carbonyl (C=O) groups is 1. The maximum Gasteiger partial charge on any atom is 0.322 e. The average molecular weight is 300 g/mol. The first-order chi connectivity index (χ1) is 9.10. The van der Waals surface area contributed by atoms with E-state index in [2.05, 4.69) is 14.7 Å². The highest BCUT2D eigenvalue weighted by Gasteiger charge is 2.10. The van der Waals surface area contributed by atoms with Crippen molar-refractivity contribution in [2.75, 3.05) is 7.11 Å². The molecule has 0 aliphatic rings. The van der Waals surface area contributed by atoms with Gasteiger partial charge in [0, 0.05) is 18.5 Å². The van der Waals surface area contributed by atoms with Crippen LogP contribution in [-0.4, -0.2) is 27.7 Å². The molecule has 19 heavy (non-hydrogen) atoms. The van der Waals surface area contributed by atoms with Crippen LogP contribution >= 0.6 is 23.5 Å². The van der Waals surface area contributed by atoms with Crippen molar-refractivity contribution >= 4 is 29.6 Å². The molecule has 2 aromatic rings. The number of carbonyl (C=O) groups excluding carboxylic acids is 1. The average Bonchev–Trinajstić information content (AvgIpc) is 2.82. The number of methoxy groups -OCH3 is 1. The van der Waals surface area contributed by atoms with Crippen molar-refractivity contribution in [1.82, 2.24) is 19.3 Å². The number of urea groups is 1. The Hall–Kier alpha value is -1.93. The van der Waals surface area contributed by atoms with Crippen molar-refractivity contribution in [1.29, 1.82) is 0 Å². The van der Waals surface area contributed by atoms with Crippen LogP contribution in [0.3, 0.4) is 0 Å². The normalized spacial score (nSPS) is 10.2. The molecule has 2 rings (SSSR count). The van der Waals surface area contributed by atoms with Gasteiger partial charge in [-0.05, 0) is 11.9 Å². The van der Waals surface area contributed by atoms with Gasteiger partial charge in [0.25, 0.3) is 0 Å². The molecule has 0 fully saturated rings. The van der Waals surface area contributed by atoms with E-state index in [0.717, 1.165) is 11.9 Å². The summed E-state index contributed by atoms with van der Waals surface area (Å²) >= 11 is 6.80. The number of rotatable bonds is 4. The number of pyridine rings is 1. The zero-order valence-corrected chi connectivity index (χ0v) is 11.4. The van der Waals surface area contributed by atoms with E-state index in [1.807, 2.05) is 0 Å². The van der Waals surface area contributed by atoms with Crippen molar-refractivity contribution in [2.45, 2.75) is 4.90 Å². The monoisotopic (exact) mass is 299 g/mol. The lowest BCUT2D eigenvalue weighted by molar-refractivity contribution is 0.254. The molecule has 0 saturated carbocycles. The molecule has 0 bridgehead atoms. The SMILES string of the molecule is COc1cc(SNC(N)=O)cnc1-n1cnc(Cl)c1. The van der Waals surface area contributed by atoms with Crippen molar-refractivity contribution in [2.24, 2.45) is 5.73 Å². The van der Waals surface area contributed by atoms with Gasteiger partial charge >= 0.3 is 6.03 Å². The van der Waals surface area contributed by atoms with Gasteiger partial charge in [0.1, 0.15) is 11.5 Å². The van der Waals surface area contributed by atoms with Crippen LogP contribution in [0.4, 0.5) is 4.79 Å². The molecule has 7 nitrogen and oxygen atoms in total. The molecule has 2 heterocycles. The summed E-state index contributed by atoms with van der Waals surface area (Å²) in [6.07, 6.45) is 4.72. The lowest BCUT2D eigenvalue weighted by Gasteiger charge is -2.09. The van der Waals surface area contributed by atoms with Crippen LogP contribution in [0.25, 0.3) is 5.82 Å². The van der Waals surface area contributed by atoms with Crippen LogP contribution < -0.4 is 15.2 Å². The van der Waals surface area contributed by atoms with Crippen LogP contribution in [0, 0.1) is 0 Å². The first-order valence-corrected chi connectivity index (χ1v) is 6.26. The van der Waals surface area contributed by atoms with Gasteiger partial charge in [-0.15, -0.1) is 0 Å². The second-order valence-electron chi connectivity index (χ2n) is 3.37. The van der Waals surface area contributed by atoms with E-state index in [1.165, 1.54) is 13.4 Å². The summed E-state index contributed by atoms with van der Waals surface area (Å²) in [6, 6.07) is 1.09. The minimum atomic E-state index is -0.630. The minimum Gasteiger partial charge on any atom is -0.493 e. The number of hydrogen-bond acceptors (Lipinski definition) is 5. The van der Waals surface area contributed by atoms with E-state index in [0.29, 0.717) is 21.6 Å². The van der Waals surface area contributed by atoms with Gasteiger partial charge in [0.15, 0.2) is 11.6 Å². The maximum atomic E-state index is 10.6. The number of aromatic nitrogens is 3. The Bertz CT molecular complexity index is 603.